The second-order valence-electron chi connectivity index (χ2n) is 3.68. The second-order valence-corrected chi connectivity index (χ2v) is 3.68. The Kier molecular flexibility index (Phi) is 2.47. The van der Waals surface area contributed by atoms with Gasteiger partial charge in [-0.1, -0.05) is 36.4 Å². The Morgan fingerprint density at radius 1 is 0.882 bits per heavy atom. The van der Waals surface area contributed by atoms with Gasteiger partial charge in [0.25, 0.3) is 0 Å². The fraction of sp³-hybridized carbons (Fsp3) is 0. The van der Waals surface area contributed by atoms with Crippen LogP contribution in [0, 0.1) is 6.07 Å². The maximum atomic E-state index is 5.62. The monoisotopic (exact) mass is 220 g/mol. The first-order chi connectivity index (χ1) is 8.42. The van der Waals surface area contributed by atoms with Gasteiger partial charge < -0.3 is 4.74 Å². The van der Waals surface area contributed by atoms with Gasteiger partial charge in [0, 0.05) is 18.3 Å². The number of rotatable bonds is 2. The predicted octanol–water partition coefficient (Wildman–Crippen LogP) is 3.83. The fourth-order valence-corrected chi connectivity index (χ4v) is 1.68. The van der Waals surface area contributed by atoms with E-state index in [4.69, 9.17) is 4.74 Å². The van der Waals surface area contributed by atoms with Gasteiger partial charge in [0.1, 0.15) is 5.75 Å². The molecule has 0 atom stereocenters. The molecule has 0 saturated carbocycles. The molecule has 0 aliphatic carbocycles. The Hall–Kier alpha value is -2.35. The van der Waals surface area contributed by atoms with Crippen LogP contribution in [0.5, 0.6) is 11.6 Å². The van der Waals surface area contributed by atoms with Crippen molar-refractivity contribution >= 4 is 10.8 Å². The molecule has 2 aromatic carbocycles. The molecule has 81 valence electrons. The number of hydrogen-bond donors (Lipinski definition) is 0. The van der Waals surface area contributed by atoms with Crippen molar-refractivity contribution in [2.24, 2.45) is 0 Å². The summed E-state index contributed by atoms with van der Waals surface area (Å²) in [7, 11) is 0. The van der Waals surface area contributed by atoms with E-state index in [0.717, 1.165) is 10.8 Å². The minimum absolute atomic E-state index is 0.582. The molecule has 0 N–H and O–H groups in total. The van der Waals surface area contributed by atoms with E-state index >= 15 is 0 Å². The van der Waals surface area contributed by atoms with Crippen molar-refractivity contribution in [3.63, 3.8) is 0 Å². The molecule has 0 aliphatic rings. The maximum Gasteiger partial charge on any atom is 0.219 e. The zero-order valence-electron chi connectivity index (χ0n) is 9.13. The smallest absolute Gasteiger partial charge is 0.219 e. The fourth-order valence-electron chi connectivity index (χ4n) is 1.68. The van der Waals surface area contributed by atoms with Crippen LogP contribution in [0.15, 0.2) is 60.8 Å². The standard InChI is InChI=1S/C15H10NO/c1-2-6-13-11-14(9-8-12(13)5-1)17-15-7-3-4-10-16-15/h1-10H. The van der Waals surface area contributed by atoms with Crippen LogP contribution >= 0.6 is 0 Å². The van der Waals surface area contributed by atoms with Gasteiger partial charge in [0.05, 0.1) is 0 Å². The molecule has 2 heteroatoms. The van der Waals surface area contributed by atoms with Crippen LogP contribution in [0.25, 0.3) is 10.8 Å². The highest BCUT2D eigenvalue weighted by molar-refractivity contribution is 5.83. The van der Waals surface area contributed by atoms with E-state index in [2.05, 4.69) is 17.1 Å². The van der Waals surface area contributed by atoms with E-state index in [-0.39, 0.29) is 0 Å². The molecule has 0 saturated heterocycles. The van der Waals surface area contributed by atoms with Crippen LogP contribution in [0.2, 0.25) is 0 Å². The molecule has 1 radical (unpaired) electrons. The topological polar surface area (TPSA) is 22.1 Å². The summed E-state index contributed by atoms with van der Waals surface area (Å²) in [6.45, 7) is 0. The molecule has 0 fully saturated rings. The Labute approximate surface area is 99.5 Å². The summed E-state index contributed by atoms with van der Waals surface area (Å²) in [6.07, 6.45) is 1.70. The van der Waals surface area contributed by atoms with Crippen molar-refractivity contribution in [3.8, 4) is 11.6 Å². The summed E-state index contributed by atoms with van der Waals surface area (Å²) < 4.78 is 5.62. The predicted molar refractivity (Wildman–Crippen MR) is 67.1 cm³/mol. The molecule has 3 rings (SSSR count). The highest BCUT2D eigenvalue weighted by Gasteiger charge is 1.99. The average molecular weight is 220 g/mol. The van der Waals surface area contributed by atoms with Crippen LogP contribution in [-0.4, -0.2) is 4.98 Å². The third kappa shape index (κ3) is 2.11. The average Bonchev–Trinajstić information content (AvgIpc) is 2.40. The van der Waals surface area contributed by atoms with E-state index in [0.29, 0.717) is 11.6 Å². The van der Waals surface area contributed by atoms with E-state index in [9.17, 15) is 0 Å². The van der Waals surface area contributed by atoms with Crippen LogP contribution < -0.4 is 4.74 Å². The normalized spacial score (nSPS) is 10.4. The van der Waals surface area contributed by atoms with Gasteiger partial charge in [0.15, 0.2) is 0 Å². The third-order valence-corrected chi connectivity index (χ3v) is 2.49. The molecule has 1 heterocycles. The van der Waals surface area contributed by atoms with Gasteiger partial charge in [-0.2, -0.15) is 0 Å². The zero-order chi connectivity index (χ0) is 11.5. The molecule has 0 amide bonds. The zero-order valence-corrected chi connectivity index (χ0v) is 9.13. The minimum Gasteiger partial charge on any atom is -0.438 e. The molecular weight excluding hydrogens is 210 g/mol. The van der Waals surface area contributed by atoms with Crippen LogP contribution in [0.1, 0.15) is 0 Å². The van der Waals surface area contributed by atoms with E-state index in [1.165, 1.54) is 0 Å². The van der Waals surface area contributed by atoms with Gasteiger partial charge >= 0.3 is 0 Å². The van der Waals surface area contributed by atoms with E-state index in [1.54, 1.807) is 6.20 Å². The van der Waals surface area contributed by atoms with Crippen molar-refractivity contribution in [1.29, 1.82) is 0 Å². The minimum atomic E-state index is 0.582. The lowest BCUT2D eigenvalue weighted by molar-refractivity contribution is 0.463. The summed E-state index contributed by atoms with van der Waals surface area (Å²) >= 11 is 0. The number of fused-ring (bicyclic) bond motifs is 1. The summed E-state index contributed by atoms with van der Waals surface area (Å²) in [5, 5.41) is 2.20. The maximum absolute atomic E-state index is 5.62. The number of benzene rings is 2. The van der Waals surface area contributed by atoms with Crippen LogP contribution in [0.3, 0.4) is 0 Å². The van der Waals surface area contributed by atoms with Gasteiger partial charge in [-0.25, -0.2) is 4.98 Å². The third-order valence-electron chi connectivity index (χ3n) is 2.49. The number of pyridine rings is 1. The van der Waals surface area contributed by atoms with Gasteiger partial charge in [-0.3, -0.25) is 0 Å². The van der Waals surface area contributed by atoms with Crippen molar-refractivity contribution < 1.29 is 4.74 Å². The number of nitrogens with zero attached hydrogens (tertiary/aromatic N) is 1. The number of aromatic nitrogens is 1. The molecule has 2 nitrogen and oxygen atoms in total. The van der Waals surface area contributed by atoms with E-state index < -0.39 is 0 Å². The molecule has 0 spiro atoms. The summed E-state index contributed by atoms with van der Waals surface area (Å²) in [5.41, 5.74) is 0. The Balaban J connectivity index is 1.96. The molecule has 0 unspecified atom stereocenters. The van der Waals surface area contributed by atoms with Crippen molar-refractivity contribution in [2.45, 2.75) is 0 Å². The van der Waals surface area contributed by atoms with Gasteiger partial charge in [-0.15, -0.1) is 0 Å². The van der Waals surface area contributed by atoms with Crippen molar-refractivity contribution in [1.82, 2.24) is 4.98 Å². The Bertz CT molecular complexity index is 635. The molecule has 0 bridgehead atoms. The van der Waals surface area contributed by atoms with Gasteiger partial charge in [0.2, 0.25) is 5.88 Å². The second kappa shape index (κ2) is 4.26. The molecule has 1 aromatic heterocycles. The number of hydrogen-bond acceptors (Lipinski definition) is 2. The quantitative estimate of drug-likeness (QED) is 0.654. The summed E-state index contributed by atoms with van der Waals surface area (Å²) in [6, 6.07) is 20.8. The van der Waals surface area contributed by atoms with Crippen LogP contribution in [0.4, 0.5) is 0 Å². The lowest BCUT2D eigenvalue weighted by atomic mass is 10.1. The lowest BCUT2D eigenvalue weighted by Crippen LogP contribution is -1.86. The SMILES string of the molecule is [c]1c(Oc2ccccn2)ccc2ccccc12. The van der Waals surface area contributed by atoms with E-state index in [1.807, 2.05) is 48.5 Å². The molecule has 0 aliphatic heterocycles. The largest absolute Gasteiger partial charge is 0.438 e. The molecule has 3 aromatic rings. The Morgan fingerprint density at radius 2 is 1.76 bits per heavy atom. The lowest BCUT2D eigenvalue weighted by Gasteiger charge is -2.04. The van der Waals surface area contributed by atoms with Crippen LogP contribution in [-0.2, 0) is 0 Å². The first kappa shape index (κ1) is 9.85. The summed E-state index contributed by atoms with van der Waals surface area (Å²) in [4.78, 5) is 4.11. The molecular formula is C15H10NO. The summed E-state index contributed by atoms with van der Waals surface area (Å²) in [5.74, 6) is 1.27. The highest BCUT2D eigenvalue weighted by Crippen LogP contribution is 2.23. The Morgan fingerprint density at radius 3 is 2.65 bits per heavy atom. The van der Waals surface area contributed by atoms with Gasteiger partial charge in [-0.05, 0) is 22.9 Å². The molecule has 17 heavy (non-hydrogen) atoms. The first-order valence-electron chi connectivity index (χ1n) is 5.42. The first-order valence-corrected chi connectivity index (χ1v) is 5.42. The number of ether oxygens (including phenoxy) is 1. The highest BCUT2D eigenvalue weighted by atomic mass is 16.5. The van der Waals surface area contributed by atoms with Crippen molar-refractivity contribution in [3.05, 3.63) is 66.9 Å². The van der Waals surface area contributed by atoms with Crippen molar-refractivity contribution in [2.75, 3.05) is 0 Å².